The van der Waals surface area contributed by atoms with Crippen LogP contribution in [0.5, 0.6) is 0 Å². The van der Waals surface area contributed by atoms with Gasteiger partial charge >= 0.3 is 0 Å². The third-order valence-electron chi connectivity index (χ3n) is 4.39. The van der Waals surface area contributed by atoms with Gasteiger partial charge < -0.3 is 15.0 Å². The number of anilines is 3. The third-order valence-corrected chi connectivity index (χ3v) is 4.39. The Morgan fingerprint density at radius 1 is 1.12 bits per heavy atom. The van der Waals surface area contributed by atoms with Gasteiger partial charge in [0.2, 0.25) is 5.95 Å². The molecule has 26 heavy (non-hydrogen) atoms. The second kappa shape index (κ2) is 6.53. The molecule has 1 N–H and O–H groups in total. The van der Waals surface area contributed by atoms with Gasteiger partial charge in [0.25, 0.3) is 0 Å². The number of rotatable bonds is 3. The SMILES string of the molecule is CC1CN(c2nc(Nc3ccc(F)cc3)c3cnn(C)c3n2)CC(C)O1. The molecule has 2 unspecified atom stereocenters. The van der Waals surface area contributed by atoms with E-state index in [1.165, 1.54) is 12.1 Å². The van der Waals surface area contributed by atoms with Crippen LogP contribution in [0.3, 0.4) is 0 Å². The van der Waals surface area contributed by atoms with Crippen LogP contribution in [-0.2, 0) is 11.8 Å². The quantitative estimate of drug-likeness (QED) is 0.778. The molecule has 3 aromatic rings. The maximum Gasteiger partial charge on any atom is 0.229 e. The summed E-state index contributed by atoms with van der Waals surface area (Å²) in [5.41, 5.74) is 1.50. The molecule has 0 saturated carbocycles. The minimum absolute atomic E-state index is 0.109. The van der Waals surface area contributed by atoms with Crippen molar-refractivity contribution in [2.45, 2.75) is 26.1 Å². The van der Waals surface area contributed by atoms with E-state index in [1.807, 2.05) is 20.9 Å². The number of aryl methyl sites for hydroxylation is 1. The Morgan fingerprint density at radius 2 is 1.81 bits per heavy atom. The molecule has 1 fully saturated rings. The lowest BCUT2D eigenvalue weighted by Crippen LogP contribution is -2.46. The summed E-state index contributed by atoms with van der Waals surface area (Å²) in [7, 11) is 1.85. The molecule has 1 aromatic carbocycles. The molecule has 136 valence electrons. The Hall–Kier alpha value is -2.74. The van der Waals surface area contributed by atoms with Gasteiger partial charge in [-0.3, -0.25) is 4.68 Å². The van der Waals surface area contributed by atoms with E-state index < -0.39 is 0 Å². The first-order valence-electron chi connectivity index (χ1n) is 8.62. The number of fused-ring (bicyclic) bond motifs is 1. The molecule has 2 aromatic heterocycles. The summed E-state index contributed by atoms with van der Waals surface area (Å²) >= 11 is 0. The zero-order chi connectivity index (χ0) is 18.3. The van der Waals surface area contributed by atoms with Gasteiger partial charge in [-0.2, -0.15) is 15.1 Å². The molecule has 0 amide bonds. The molecule has 0 radical (unpaired) electrons. The normalized spacial score (nSPS) is 20.5. The summed E-state index contributed by atoms with van der Waals surface area (Å²) in [6.45, 7) is 5.54. The van der Waals surface area contributed by atoms with Gasteiger partial charge in [-0.05, 0) is 38.1 Å². The molecule has 0 aliphatic carbocycles. The van der Waals surface area contributed by atoms with Gasteiger partial charge in [0.1, 0.15) is 11.6 Å². The number of hydrogen-bond acceptors (Lipinski definition) is 6. The van der Waals surface area contributed by atoms with E-state index >= 15 is 0 Å². The van der Waals surface area contributed by atoms with E-state index in [4.69, 9.17) is 14.7 Å². The first-order chi connectivity index (χ1) is 12.5. The van der Waals surface area contributed by atoms with Crippen LogP contribution in [0.25, 0.3) is 11.0 Å². The van der Waals surface area contributed by atoms with Crippen LogP contribution in [0.1, 0.15) is 13.8 Å². The number of nitrogens with zero attached hydrogens (tertiary/aromatic N) is 5. The smallest absolute Gasteiger partial charge is 0.229 e. The van der Waals surface area contributed by atoms with Gasteiger partial charge in [0.05, 0.1) is 23.8 Å². The molecular formula is C18H21FN6O. The maximum absolute atomic E-state index is 13.2. The van der Waals surface area contributed by atoms with E-state index in [-0.39, 0.29) is 18.0 Å². The maximum atomic E-state index is 13.2. The lowest BCUT2D eigenvalue weighted by Gasteiger charge is -2.35. The summed E-state index contributed by atoms with van der Waals surface area (Å²) in [6, 6.07) is 6.18. The standard InChI is InChI=1S/C18H21FN6O/c1-11-9-25(10-12(2)26-11)18-22-16(15-8-20-24(3)17(15)23-18)21-14-6-4-13(19)5-7-14/h4-8,11-12H,9-10H2,1-3H3,(H,21,22,23). The number of halogens is 1. The first kappa shape index (κ1) is 16.7. The van der Waals surface area contributed by atoms with E-state index in [2.05, 4.69) is 15.3 Å². The van der Waals surface area contributed by atoms with E-state index in [0.29, 0.717) is 11.8 Å². The topological polar surface area (TPSA) is 68.1 Å². The summed E-state index contributed by atoms with van der Waals surface area (Å²) in [4.78, 5) is 11.6. The predicted molar refractivity (Wildman–Crippen MR) is 98.2 cm³/mol. The predicted octanol–water partition coefficient (Wildman–Crippen LogP) is 2.86. The van der Waals surface area contributed by atoms with Crippen molar-refractivity contribution >= 4 is 28.5 Å². The molecule has 1 saturated heterocycles. The molecular weight excluding hydrogens is 335 g/mol. The highest BCUT2D eigenvalue weighted by atomic mass is 19.1. The molecule has 3 heterocycles. The largest absolute Gasteiger partial charge is 0.372 e. The van der Waals surface area contributed by atoms with Crippen LogP contribution < -0.4 is 10.2 Å². The lowest BCUT2D eigenvalue weighted by molar-refractivity contribution is -0.00569. The van der Waals surface area contributed by atoms with Crippen molar-refractivity contribution in [2.24, 2.45) is 7.05 Å². The number of morpholine rings is 1. The molecule has 0 spiro atoms. The zero-order valence-electron chi connectivity index (χ0n) is 15.0. The highest BCUT2D eigenvalue weighted by molar-refractivity contribution is 5.89. The van der Waals surface area contributed by atoms with Gasteiger partial charge in [0.15, 0.2) is 5.65 Å². The van der Waals surface area contributed by atoms with Crippen molar-refractivity contribution in [2.75, 3.05) is 23.3 Å². The fourth-order valence-corrected chi connectivity index (χ4v) is 3.26. The summed E-state index contributed by atoms with van der Waals surface area (Å²) < 4.78 is 20.7. The molecule has 1 aliphatic heterocycles. The van der Waals surface area contributed by atoms with Gasteiger partial charge in [-0.25, -0.2) is 4.39 Å². The lowest BCUT2D eigenvalue weighted by atomic mass is 10.2. The minimum atomic E-state index is -0.276. The average molecular weight is 356 g/mol. The van der Waals surface area contributed by atoms with E-state index in [9.17, 15) is 4.39 Å². The average Bonchev–Trinajstić information content (AvgIpc) is 2.97. The van der Waals surface area contributed by atoms with Crippen molar-refractivity contribution in [1.82, 2.24) is 19.7 Å². The van der Waals surface area contributed by atoms with Gasteiger partial charge in [-0.15, -0.1) is 0 Å². The van der Waals surface area contributed by atoms with Crippen molar-refractivity contribution < 1.29 is 9.13 Å². The highest BCUT2D eigenvalue weighted by Crippen LogP contribution is 2.27. The van der Waals surface area contributed by atoms with E-state index in [0.717, 1.165) is 29.8 Å². The summed E-state index contributed by atoms with van der Waals surface area (Å²) in [5.74, 6) is 1.01. The van der Waals surface area contributed by atoms with E-state index in [1.54, 1.807) is 23.0 Å². The minimum Gasteiger partial charge on any atom is -0.372 e. The number of hydrogen-bond donors (Lipinski definition) is 1. The van der Waals surface area contributed by atoms with Crippen molar-refractivity contribution in [1.29, 1.82) is 0 Å². The Morgan fingerprint density at radius 3 is 2.50 bits per heavy atom. The second-order valence-electron chi connectivity index (χ2n) is 6.67. The van der Waals surface area contributed by atoms with Crippen molar-refractivity contribution in [3.8, 4) is 0 Å². The molecule has 8 heteroatoms. The molecule has 0 bridgehead atoms. The number of aromatic nitrogens is 4. The van der Waals surface area contributed by atoms with Crippen LogP contribution >= 0.6 is 0 Å². The first-order valence-corrected chi connectivity index (χ1v) is 8.62. The van der Waals surface area contributed by atoms with Crippen molar-refractivity contribution in [3.05, 3.63) is 36.3 Å². The third kappa shape index (κ3) is 3.20. The van der Waals surface area contributed by atoms with Crippen LogP contribution in [0.4, 0.5) is 21.8 Å². The molecule has 1 aliphatic rings. The van der Waals surface area contributed by atoms with Gasteiger partial charge in [0, 0.05) is 25.8 Å². The summed E-state index contributed by atoms with van der Waals surface area (Å²) in [5, 5.41) is 8.37. The second-order valence-corrected chi connectivity index (χ2v) is 6.67. The fourth-order valence-electron chi connectivity index (χ4n) is 3.26. The fraction of sp³-hybridized carbons (Fsp3) is 0.389. The Bertz CT molecular complexity index is 915. The van der Waals surface area contributed by atoms with Crippen LogP contribution in [0.15, 0.2) is 30.5 Å². The van der Waals surface area contributed by atoms with Crippen LogP contribution in [0, 0.1) is 5.82 Å². The Kier molecular flexibility index (Phi) is 4.20. The summed E-state index contributed by atoms with van der Waals surface area (Å²) in [6.07, 6.45) is 1.95. The monoisotopic (exact) mass is 356 g/mol. The van der Waals surface area contributed by atoms with Crippen molar-refractivity contribution in [3.63, 3.8) is 0 Å². The van der Waals surface area contributed by atoms with Gasteiger partial charge in [-0.1, -0.05) is 0 Å². The number of benzene rings is 1. The van der Waals surface area contributed by atoms with Crippen LogP contribution in [-0.4, -0.2) is 45.0 Å². The van der Waals surface area contributed by atoms with Crippen LogP contribution in [0.2, 0.25) is 0 Å². The Balaban J connectivity index is 1.75. The zero-order valence-corrected chi connectivity index (χ0v) is 15.0. The number of nitrogens with one attached hydrogen (secondary N) is 1. The number of ether oxygens (including phenoxy) is 1. The molecule has 4 rings (SSSR count). The molecule has 2 atom stereocenters. The highest BCUT2D eigenvalue weighted by Gasteiger charge is 2.25. The molecule has 7 nitrogen and oxygen atoms in total. The Labute approximate surface area is 150 Å².